The summed E-state index contributed by atoms with van der Waals surface area (Å²) in [7, 11) is 0. The molecule has 1 aromatic heterocycles. The van der Waals surface area contributed by atoms with Gasteiger partial charge in [-0.15, -0.1) is 0 Å². The standard InChI is InChI=1S/C29H33F3N4O5/c1-18-14-35(10-11-36(18)17-38-15-19-4-7-22(30)8-5-19)28(37)26-25(13-33)40-27(34-26)21-6-9-23(41-29(31)32)24(12-21)39-16-20-2-3-20/h4-9,12,18,20,29H,2-3,10-11,13-17,33H2,1H3/t18-/m1/s1. The molecule has 1 amide bonds. The summed E-state index contributed by atoms with van der Waals surface area (Å²) in [5.41, 5.74) is 7.33. The van der Waals surface area contributed by atoms with Crippen molar-refractivity contribution in [1.29, 1.82) is 0 Å². The summed E-state index contributed by atoms with van der Waals surface area (Å²) in [6.45, 7) is 1.58. The van der Waals surface area contributed by atoms with Crippen LogP contribution in [0.4, 0.5) is 13.2 Å². The van der Waals surface area contributed by atoms with Crippen molar-refractivity contribution in [2.75, 3.05) is 33.0 Å². The van der Waals surface area contributed by atoms with Crippen molar-refractivity contribution in [2.24, 2.45) is 11.7 Å². The van der Waals surface area contributed by atoms with Gasteiger partial charge in [-0.05, 0) is 61.6 Å². The number of amides is 1. The molecular weight excluding hydrogens is 541 g/mol. The molecule has 3 aromatic rings. The number of alkyl halides is 2. The number of nitrogens with two attached hydrogens (primary N) is 1. The van der Waals surface area contributed by atoms with E-state index in [4.69, 9.17) is 19.6 Å². The average Bonchev–Trinajstić information content (AvgIpc) is 3.69. The summed E-state index contributed by atoms with van der Waals surface area (Å²) >= 11 is 0. The van der Waals surface area contributed by atoms with Gasteiger partial charge in [-0.2, -0.15) is 8.78 Å². The molecule has 0 unspecified atom stereocenters. The SMILES string of the molecule is C[C@@H]1CN(C(=O)c2nc(-c3ccc(OC(F)F)c(OCC4CC4)c3)oc2CN)CCN1COCc1ccc(F)cc1. The van der Waals surface area contributed by atoms with Crippen molar-refractivity contribution in [1.82, 2.24) is 14.8 Å². The Morgan fingerprint density at radius 1 is 1.15 bits per heavy atom. The van der Waals surface area contributed by atoms with Gasteiger partial charge in [0.25, 0.3) is 5.91 Å². The number of aromatic nitrogens is 1. The molecule has 2 fully saturated rings. The summed E-state index contributed by atoms with van der Waals surface area (Å²) < 4.78 is 60.9. The number of hydrogen-bond donors (Lipinski definition) is 1. The molecule has 0 bridgehead atoms. The predicted octanol–water partition coefficient (Wildman–Crippen LogP) is 4.65. The van der Waals surface area contributed by atoms with Crippen LogP contribution in [0.5, 0.6) is 11.5 Å². The molecular formula is C29H33F3N4O5. The fourth-order valence-electron chi connectivity index (χ4n) is 4.60. The fraction of sp³-hybridized carbons (Fsp3) is 0.448. The van der Waals surface area contributed by atoms with Gasteiger partial charge in [-0.1, -0.05) is 12.1 Å². The Morgan fingerprint density at radius 3 is 2.61 bits per heavy atom. The molecule has 9 nitrogen and oxygen atoms in total. The fourth-order valence-corrected chi connectivity index (χ4v) is 4.60. The predicted molar refractivity (Wildman–Crippen MR) is 143 cm³/mol. The van der Waals surface area contributed by atoms with Crippen LogP contribution in [0.3, 0.4) is 0 Å². The average molecular weight is 575 g/mol. The second kappa shape index (κ2) is 12.9. The number of hydrogen-bond acceptors (Lipinski definition) is 8. The van der Waals surface area contributed by atoms with Gasteiger partial charge in [0.05, 0.1) is 26.5 Å². The van der Waals surface area contributed by atoms with Crippen molar-refractivity contribution in [3.05, 3.63) is 65.3 Å². The largest absolute Gasteiger partial charge is 0.489 e. The molecule has 2 aliphatic rings. The van der Waals surface area contributed by atoms with Crippen LogP contribution < -0.4 is 15.2 Å². The van der Waals surface area contributed by atoms with Gasteiger partial charge in [0.15, 0.2) is 23.0 Å². The number of nitrogens with zero attached hydrogens (tertiary/aromatic N) is 3. The quantitative estimate of drug-likeness (QED) is 0.334. The lowest BCUT2D eigenvalue weighted by molar-refractivity contribution is -0.0515. The lowest BCUT2D eigenvalue weighted by Gasteiger charge is -2.39. The van der Waals surface area contributed by atoms with Crippen LogP contribution in [0.25, 0.3) is 11.5 Å². The zero-order valence-electron chi connectivity index (χ0n) is 22.7. The number of rotatable bonds is 12. The highest BCUT2D eigenvalue weighted by molar-refractivity contribution is 5.94. The van der Waals surface area contributed by atoms with Gasteiger partial charge >= 0.3 is 6.61 Å². The van der Waals surface area contributed by atoms with Crippen molar-refractivity contribution in [3.63, 3.8) is 0 Å². The van der Waals surface area contributed by atoms with E-state index in [0.29, 0.717) is 51.1 Å². The van der Waals surface area contributed by atoms with E-state index >= 15 is 0 Å². The van der Waals surface area contributed by atoms with E-state index in [1.54, 1.807) is 17.0 Å². The summed E-state index contributed by atoms with van der Waals surface area (Å²) in [6.07, 6.45) is 2.07. The van der Waals surface area contributed by atoms with Crippen molar-refractivity contribution in [2.45, 2.75) is 45.6 Å². The molecule has 12 heteroatoms. The highest BCUT2D eigenvalue weighted by atomic mass is 19.3. The molecule has 1 atom stereocenters. The molecule has 41 heavy (non-hydrogen) atoms. The molecule has 2 aromatic carbocycles. The molecule has 5 rings (SSSR count). The van der Waals surface area contributed by atoms with E-state index in [1.165, 1.54) is 30.3 Å². The van der Waals surface area contributed by atoms with E-state index < -0.39 is 6.61 Å². The Labute approximate surface area is 236 Å². The zero-order valence-corrected chi connectivity index (χ0v) is 22.7. The molecule has 0 spiro atoms. The van der Waals surface area contributed by atoms with Gasteiger partial charge in [-0.3, -0.25) is 9.69 Å². The van der Waals surface area contributed by atoms with Crippen molar-refractivity contribution >= 4 is 5.91 Å². The van der Waals surface area contributed by atoms with E-state index in [9.17, 15) is 18.0 Å². The molecule has 0 radical (unpaired) electrons. The Bertz CT molecular complexity index is 1330. The second-order valence-electron chi connectivity index (χ2n) is 10.3. The number of piperazine rings is 1. The maximum absolute atomic E-state index is 13.5. The smallest absolute Gasteiger partial charge is 0.387 e. The molecule has 2 N–H and O–H groups in total. The number of ether oxygens (including phenoxy) is 3. The van der Waals surface area contributed by atoms with Gasteiger partial charge in [0, 0.05) is 31.2 Å². The van der Waals surface area contributed by atoms with Crippen LogP contribution in [0.1, 0.15) is 41.6 Å². The zero-order chi connectivity index (χ0) is 28.9. The van der Waals surface area contributed by atoms with Crippen LogP contribution in [-0.2, 0) is 17.9 Å². The van der Waals surface area contributed by atoms with Crippen LogP contribution in [-0.4, -0.2) is 66.3 Å². The lowest BCUT2D eigenvalue weighted by Crippen LogP contribution is -2.54. The maximum atomic E-state index is 13.5. The number of oxazole rings is 1. The van der Waals surface area contributed by atoms with Gasteiger partial charge in [-0.25, -0.2) is 9.37 Å². The first-order chi connectivity index (χ1) is 19.8. The first-order valence-electron chi connectivity index (χ1n) is 13.6. The van der Waals surface area contributed by atoms with Crippen LogP contribution in [0.15, 0.2) is 46.9 Å². The van der Waals surface area contributed by atoms with Gasteiger partial charge in [0.2, 0.25) is 5.89 Å². The molecule has 2 heterocycles. The van der Waals surface area contributed by atoms with E-state index in [2.05, 4.69) is 14.6 Å². The lowest BCUT2D eigenvalue weighted by atomic mass is 10.2. The third-order valence-corrected chi connectivity index (χ3v) is 7.15. The summed E-state index contributed by atoms with van der Waals surface area (Å²) in [5, 5.41) is 0. The highest BCUT2D eigenvalue weighted by Gasteiger charge is 2.31. The number of benzene rings is 2. The number of carbonyl (C=O) groups is 1. The van der Waals surface area contributed by atoms with Crippen molar-refractivity contribution in [3.8, 4) is 23.0 Å². The van der Waals surface area contributed by atoms with E-state index in [-0.39, 0.29) is 53.2 Å². The Hall–Kier alpha value is -3.61. The second-order valence-corrected chi connectivity index (χ2v) is 10.3. The van der Waals surface area contributed by atoms with Crippen LogP contribution in [0, 0.1) is 11.7 Å². The summed E-state index contributed by atoms with van der Waals surface area (Å²) in [4.78, 5) is 21.7. The van der Waals surface area contributed by atoms with E-state index in [1.807, 2.05) is 6.92 Å². The summed E-state index contributed by atoms with van der Waals surface area (Å²) in [6, 6.07) is 10.6. The van der Waals surface area contributed by atoms with E-state index in [0.717, 1.165) is 18.4 Å². The first-order valence-corrected chi connectivity index (χ1v) is 13.6. The Balaban J connectivity index is 1.23. The topological polar surface area (TPSA) is 103 Å². The van der Waals surface area contributed by atoms with Gasteiger partial charge in [0.1, 0.15) is 5.82 Å². The number of carbonyl (C=O) groups excluding carboxylic acids is 1. The first kappa shape index (κ1) is 28.9. The number of halogens is 3. The monoisotopic (exact) mass is 574 g/mol. The third-order valence-electron chi connectivity index (χ3n) is 7.15. The summed E-state index contributed by atoms with van der Waals surface area (Å²) in [5.74, 6) is 0.242. The Morgan fingerprint density at radius 2 is 1.93 bits per heavy atom. The van der Waals surface area contributed by atoms with Crippen molar-refractivity contribution < 1.29 is 36.6 Å². The normalized spacial score (nSPS) is 17.7. The highest BCUT2D eigenvalue weighted by Crippen LogP contribution is 2.37. The molecule has 1 aliphatic heterocycles. The van der Waals surface area contributed by atoms with Crippen LogP contribution in [0.2, 0.25) is 0 Å². The molecule has 1 saturated heterocycles. The van der Waals surface area contributed by atoms with Crippen LogP contribution >= 0.6 is 0 Å². The third kappa shape index (κ3) is 7.38. The van der Waals surface area contributed by atoms with Gasteiger partial charge < -0.3 is 29.3 Å². The maximum Gasteiger partial charge on any atom is 0.387 e. The molecule has 1 aliphatic carbocycles. The minimum absolute atomic E-state index is 0.0159. The molecule has 1 saturated carbocycles. The minimum atomic E-state index is -3.00. The minimum Gasteiger partial charge on any atom is -0.489 e. The Kier molecular flexibility index (Phi) is 9.11. The molecule has 220 valence electrons.